The first kappa shape index (κ1) is 21.3. The Morgan fingerprint density at radius 2 is 1.81 bits per heavy atom. The van der Waals surface area contributed by atoms with Gasteiger partial charge in [-0.05, 0) is 18.2 Å². The van der Waals surface area contributed by atoms with Gasteiger partial charge in [-0.25, -0.2) is 4.39 Å². The van der Waals surface area contributed by atoms with Gasteiger partial charge in [0.05, 0.1) is 24.7 Å². The standard InChI is InChI=1S/C22H24FN5O2S/c1-26(15-17-7-5-6-10-19(17)23)20(29)16-31-22-25-24-21(27-11-13-30-14-12-27)28(22)18-8-3-2-4-9-18/h2-10H,11-16H2,1H3. The van der Waals surface area contributed by atoms with E-state index in [4.69, 9.17) is 4.74 Å². The molecule has 1 aliphatic heterocycles. The molecule has 0 atom stereocenters. The lowest BCUT2D eigenvalue weighted by Crippen LogP contribution is -2.37. The van der Waals surface area contributed by atoms with E-state index in [1.807, 2.05) is 34.9 Å². The molecule has 1 fully saturated rings. The molecule has 0 radical (unpaired) electrons. The predicted molar refractivity (Wildman–Crippen MR) is 118 cm³/mol. The van der Waals surface area contributed by atoms with Crippen LogP contribution in [0.1, 0.15) is 5.56 Å². The summed E-state index contributed by atoms with van der Waals surface area (Å²) in [6, 6.07) is 16.3. The van der Waals surface area contributed by atoms with Crippen LogP contribution in [0.5, 0.6) is 0 Å². The van der Waals surface area contributed by atoms with E-state index in [1.165, 1.54) is 22.7 Å². The number of anilines is 1. The Balaban J connectivity index is 1.49. The molecule has 7 nitrogen and oxygen atoms in total. The van der Waals surface area contributed by atoms with Crippen LogP contribution in [-0.4, -0.2) is 64.7 Å². The minimum Gasteiger partial charge on any atom is -0.378 e. The van der Waals surface area contributed by atoms with Gasteiger partial charge in [0.2, 0.25) is 11.9 Å². The quantitative estimate of drug-likeness (QED) is 0.526. The SMILES string of the molecule is CN(Cc1ccccc1F)C(=O)CSc1nnc(N2CCOCC2)n1-c1ccccc1. The minimum atomic E-state index is -0.311. The van der Waals surface area contributed by atoms with Crippen LogP contribution in [0.25, 0.3) is 5.69 Å². The van der Waals surface area contributed by atoms with Crippen LogP contribution in [0.2, 0.25) is 0 Å². The summed E-state index contributed by atoms with van der Waals surface area (Å²) in [6.07, 6.45) is 0. The molecule has 0 unspecified atom stereocenters. The van der Waals surface area contributed by atoms with E-state index in [-0.39, 0.29) is 24.0 Å². The van der Waals surface area contributed by atoms with Crippen LogP contribution in [0.3, 0.4) is 0 Å². The highest BCUT2D eigenvalue weighted by atomic mass is 32.2. The number of para-hydroxylation sites is 1. The molecule has 31 heavy (non-hydrogen) atoms. The molecule has 0 bridgehead atoms. The van der Waals surface area contributed by atoms with E-state index in [1.54, 1.807) is 25.2 Å². The summed E-state index contributed by atoms with van der Waals surface area (Å²) >= 11 is 1.32. The molecule has 3 aromatic rings. The fraction of sp³-hybridized carbons (Fsp3) is 0.318. The normalized spacial score (nSPS) is 13.9. The minimum absolute atomic E-state index is 0.108. The van der Waals surface area contributed by atoms with Gasteiger partial charge in [0.25, 0.3) is 0 Å². The van der Waals surface area contributed by atoms with Gasteiger partial charge in [0.15, 0.2) is 5.16 Å². The van der Waals surface area contributed by atoms with Crippen LogP contribution >= 0.6 is 11.8 Å². The van der Waals surface area contributed by atoms with E-state index in [0.29, 0.717) is 23.9 Å². The lowest BCUT2D eigenvalue weighted by atomic mass is 10.2. The zero-order chi connectivity index (χ0) is 21.6. The van der Waals surface area contributed by atoms with Crippen molar-refractivity contribution in [3.05, 3.63) is 66.0 Å². The number of nitrogens with zero attached hydrogens (tertiary/aromatic N) is 5. The monoisotopic (exact) mass is 441 g/mol. The molecule has 2 aromatic carbocycles. The molecule has 0 saturated carbocycles. The van der Waals surface area contributed by atoms with Crippen LogP contribution in [-0.2, 0) is 16.1 Å². The summed E-state index contributed by atoms with van der Waals surface area (Å²) in [5.74, 6) is 0.501. The predicted octanol–water partition coefficient (Wildman–Crippen LogP) is 2.99. The van der Waals surface area contributed by atoms with Gasteiger partial charge in [-0.3, -0.25) is 9.36 Å². The van der Waals surface area contributed by atoms with E-state index >= 15 is 0 Å². The first-order valence-electron chi connectivity index (χ1n) is 10.1. The average molecular weight is 442 g/mol. The zero-order valence-electron chi connectivity index (χ0n) is 17.3. The molecule has 1 aromatic heterocycles. The van der Waals surface area contributed by atoms with Crippen molar-refractivity contribution in [1.29, 1.82) is 0 Å². The second-order valence-electron chi connectivity index (χ2n) is 7.18. The molecular weight excluding hydrogens is 417 g/mol. The Hall–Kier alpha value is -2.91. The number of morpholine rings is 1. The Bertz CT molecular complexity index is 1020. The molecule has 1 aliphatic rings. The van der Waals surface area contributed by atoms with Crippen molar-refractivity contribution in [2.75, 3.05) is 44.0 Å². The maximum Gasteiger partial charge on any atom is 0.233 e. The third kappa shape index (κ3) is 5.05. The highest BCUT2D eigenvalue weighted by molar-refractivity contribution is 7.99. The van der Waals surface area contributed by atoms with Crippen molar-refractivity contribution >= 4 is 23.6 Å². The van der Waals surface area contributed by atoms with E-state index in [0.717, 1.165) is 24.7 Å². The molecule has 0 spiro atoms. The first-order chi connectivity index (χ1) is 15.1. The smallest absolute Gasteiger partial charge is 0.233 e. The second kappa shape index (κ2) is 9.93. The Kier molecular flexibility index (Phi) is 6.83. The van der Waals surface area contributed by atoms with Crippen LogP contribution in [0.15, 0.2) is 59.8 Å². The van der Waals surface area contributed by atoms with Gasteiger partial charge in [0, 0.05) is 32.2 Å². The fourth-order valence-corrected chi connectivity index (χ4v) is 4.22. The van der Waals surface area contributed by atoms with Gasteiger partial charge < -0.3 is 14.5 Å². The molecule has 0 N–H and O–H groups in total. The summed E-state index contributed by atoms with van der Waals surface area (Å²) in [4.78, 5) is 16.4. The van der Waals surface area contributed by atoms with Crippen molar-refractivity contribution in [2.45, 2.75) is 11.7 Å². The largest absolute Gasteiger partial charge is 0.378 e. The lowest BCUT2D eigenvalue weighted by molar-refractivity contribution is -0.127. The van der Waals surface area contributed by atoms with Gasteiger partial charge >= 0.3 is 0 Å². The molecule has 0 aliphatic carbocycles. The van der Waals surface area contributed by atoms with Crippen molar-refractivity contribution < 1.29 is 13.9 Å². The van der Waals surface area contributed by atoms with Crippen molar-refractivity contribution in [1.82, 2.24) is 19.7 Å². The summed E-state index contributed by atoms with van der Waals surface area (Å²) in [7, 11) is 1.68. The summed E-state index contributed by atoms with van der Waals surface area (Å²) in [6.45, 7) is 2.98. The van der Waals surface area contributed by atoms with E-state index < -0.39 is 0 Å². The fourth-order valence-electron chi connectivity index (χ4n) is 3.33. The number of halogens is 1. The number of ether oxygens (including phenoxy) is 1. The number of rotatable bonds is 7. The third-order valence-corrected chi connectivity index (χ3v) is 5.95. The number of benzene rings is 2. The molecule has 4 rings (SSSR count). The molecule has 9 heteroatoms. The van der Waals surface area contributed by atoms with Gasteiger partial charge in [0.1, 0.15) is 5.82 Å². The molecule has 1 amide bonds. The number of hydrogen-bond acceptors (Lipinski definition) is 6. The topological polar surface area (TPSA) is 63.5 Å². The van der Waals surface area contributed by atoms with E-state index in [9.17, 15) is 9.18 Å². The van der Waals surface area contributed by atoms with Crippen LogP contribution in [0.4, 0.5) is 10.3 Å². The number of hydrogen-bond donors (Lipinski definition) is 0. The first-order valence-corrected chi connectivity index (χ1v) is 11.1. The third-order valence-electron chi connectivity index (χ3n) is 5.04. The van der Waals surface area contributed by atoms with Crippen LogP contribution in [0, 0.1) is 5.82 Å². The average Bonchev–Trinajstić information content (AvgIpc) is 3.24. The zero-order valence-corrected chi connectivity index (χ0v) is 18.1. The number of carbonyl (C=O) groups is 1. The molecule has 162 valence electrons. The summed E-state index contributed by atoms with van der Waals surface area (Å²) < 4.78 is 21.3. The maximum atomic E-state index is 13.9. The van der Waals surface area contributed by atoms with Gasteiger partial charge in [-0.2, -0.15) is 0 Å². The number of thioether (sulfide) groups is 1. The Labute approximate surface area is 184 Å². The molecule has 2 heterocycles. The highest BCUT2D eigenvalue weighted by Gasteiger charge is 2.22. The Morgan fingerprint density at radius 3 is 2.55 bits per heavy atom. The Morgan fingerprint density at radius 1 is 1.10 bits per heavy atom. The second-order valence-corrected chi connectivity index (χ2v) is 8.13. The van der Waals surface area contributed by atoms with Crippen LogP contribution < -0.4 is 4.90 Å². The van der Waals surface area contributed by atoms with E-state index in [2.05, 4.69) is 15.1 Å². The maximum absolute atomic E-state index is 13.9. The summed E-state index contributed by atoms with van der Waals surface area (Å²) in [5, 5.41) is 9.41. The van der Waals surface area contributed by atoms with Gasteiger partial charge in [-0.1, -0.05) is 48.2 Å². The van der Waals surface area contributed by atoms with Gasteiger partial charge in [-0.15, -0.1) is 10.2 Å². The lowest BCUT2D eigenvalue weighted by Gasteiger charge is -2.27. The highest BCUT2D eigenvalue weighted by Crippen LogP contribution is 2.27. The van der Waals surface area contributed by atoms with Crippen molar-refractivity contribution in [3.63, 3.8) is 0 Å². The molecular formula is C22H24FN5O2S. The molecule has 1 saturated heterocycles. The number of amides is 1. The number of carbonyl (C=O) groups excluding carboxylic acids is 1. The summed E-state index contributed by atoms with van der Waals surface area (Å²) in [5.41, 5.74) is 1.43. The number of aromatic nitrogens is 3. The van der Waals surface area contributed by atoms with Crippen molar-refractivity contribution in [3.8, 4) is 5.69 Å². The van der Waals surface area contributed by atoms with Crippen molar-refractivity contribution in [2.24, 2.45) is 0 Å².